The van der Waals surface area contributed by atoms with E-state index in [1.165, 1.54) is 77.0 Å². The number of hydrogen-bond acceptors (Lipinski definition) is 15. The van der Waals surface area contributed by atoms with E-state index in [1.807, 2.05) is 24.3 Å². The van der Waals surface area contributed by atoms with Crippen molar-refractivity contribution in [1.82, 2.24) is 0 Å². The minimum atomic E-state index is -5.01. The van der Waals surface area contributed by atoms with Gasteiger partial charge in [0.2, 0.25) is 0 Å². The van der Waals surface area contributed by atoms with E-state index in [9.17, 15) is 43.2 Å². The lowest BCUT2D eigenvalue weighted by molar-refractivity contribution is -0.161. The first-order valence-corrected chi connectivity index (χ1v) is 43.1. The number of aliphatic hydroxyl groups is 1. The number of allylic oxidation sites excluding steroid dienone is 24. The molecule has 0 bridgehead atoms. The number of phosphoric acid groups is 2. The van der Waals surface area contributed by atoms with Gasteiger partial charge >= 0.3 is 39.5 Å². The van der Waals surface area contributed by atoms with Crippen molar-refractivity contribution in [2.75, 3.05) is 39.6 Å². The van der Waals surface area contributed by atoms with E-state index in [1.54, 1.807) is 0 Å². The predicted octanol–water partition coefficient (Wildman–Crippen LogP) is 23.4. The molecule has 0 aromatic heterocycles. The van der Waals surface area contributed by atoms with Gasteiger partial charge in [0.1, 0.15) is 19.3 Å². The molecule has 0 spiro atoms. The number of carbonyl (C=O) groups excluding carboxylic acids is 4. The fraction of sp³-hybridized carbons (Fsp3) is 0.671. The first-order chi connectivity index (χ1) is 50.7. The third-order valence-electron chi connectivity index (χ3n) is 16.2. The van der Waals surface area contributed by atoms with Crippen LogP contribution in [0.3, 0.4) is 0 Å². The number of rotatable bonds is 74. The van der Waals surface area contributed by atoms with Crippen LogP contribution in [0.4, 0.5) is 0 Å². The van der Waals surface area contributed by atoms with E-state index in [-0.39, 0.29) is 25.7 Å². The van der Waals surface area contributed by atoms with Gasteiger partial charge in [0.25, 0.3) is 0 Å². The smallest absolute Gasteiger partial charge is 0.462 e. The van der Waals surface area contributed by atoms with Crippen molar-refractivity contribution in [1.29, 1.82) is 0 Å². The highest BCUT2D eigenvalue weighted by Gasteiger charge is 2.30. The van der Waals surface area contributed by atoms with Crippen molar-refractivity contribution in [3.63, 3.8) is 0 Å². The Hall–Kier alpha value is -5.06. The van der Waals surface area contributed by atoms with Crippen LogP contribution in [-0.2, 0) is 65.4 Å². The SMILES string of the molecule is CCCCC/C=C\C/C=C\C/C=C\C/C=C\CCCC(=O)OC[C@H](COP(=O)(O)OC[C@H](O)COP(=O)(O)OC[C@@H](COC(=O)CCCCCCC/C=C\C/C=C\CCCCC)OC(=O)CCCCCCC/C=C\C/C=C\CCCCC)OC(=O)CCC/C=C\C/C=C\C/C=C\C/C=C\CCCCC. The maximum Gasteiger partial charge on any atom is 0.472 e. The molecule has 0 radical (unpaired) electrons. The monoisotopic (exact) mass is 1500 g/mol. The van der Waals surface area contributed by atoms with Crippen LogP contribution in [0.2, 0.25) is 0 Å². The summed E-state index contributed by atoms with van der Waals surface area (Å²) in [7, 11) is -10.0. The summed E-state index contributed by atoms with van der Waals surface area (Å²) in [6.07, 6.45) is 86.9. The molecule has 0 amide bonds. The molecule has 0 fully saturated rings. The second-order valence-corrected chi connectivity index (χ2v) is 29.2. The minimum absolute atomic E-state index is 0.00287. The average Bonchev–Trinajstić information content (AvgIpc) is 0.926. The summed E-state index contributed by atoms with van der Waals surface area (Å²) in [4.78, 5) is 73.0. The predicted molar refractivity (Wildman–Crippen MR) is 427 cm³/mol. The molecule has 0 saturated carbocycles. The molecule has 104 heavy (non-hydrogen) atoms. The van der Waals surface area contributed by atoms with E-state index in [4.69, 9.17) is 37.0 Å². The van der Waals surface area contributed by atoms with Gasteiger partial charge in [-0.2, -0.15) is 0 Å². The molecule has 0 aliphatic heterocycles. The van der Waals surface area contributed by atoms with Gasteiger partial charge in [0.05, 0.1) is 26.4 Å². The molecule has 19 heteroatoms. The third-order valence-corrected chi connectivity index (χ3v) is 18.1. The Morgan fingerprint density at radius 2 is 0.481 bits per heavy atom. The Labute approximate surface area is 630 Å². The first-order valence-electron chi connectivity index (χ1n) is 40.1. The molecule has 0 aliphatic rings. The molecular formula is C85H142O17P2. The quantitative estimate of drug-likeness (QED) is 0.0169. The lowest BCUT2D eigenvalue weighted by Gasteiger charge is -2.21. The van der Waals surface area contributed by atoms with Crippen LogP contribution in [-0.4, -0.2) is 96.7 Å². The summed E-state index contributed by atoms with van der Waals surface area (Å²) in [6, 6.07) is 0. The van der Waals surface area contributed by atoms with Gasteiger partial charge in [0, 0.05) is 25.7 Å². The molecule has 0 aliphatic carbocycles. The van der Waals surface area contributed by atoms with Crippen LogP contribution < -0.4 is 0 Å². The Morgan fingerprint density at radius 3 is 0.769 bits per heavy atom. The normalized spacial score (nSPS) is 14.6. The summed E-state index contributed by atoms with van der Waals surface area (Å²) in [5, 5.41) is 10.6. The zero-order chi connectivity index (χ0) is 76.0. The van der Waals surface area contributed by atoms with Crippen molar-refractivity contribution in [3.8, 4) is 0 Å². The molecule has 0 rings (SSSR count). The number of unbranched alkanes of at least 4 members (excludes halogenated alkanes) is 24. The lowest BCUT2D eigenvalue weighted by Crippen LogP contribution is -2.30. The molecule has 0 aromatic carbocycles. The van der Waals surface area contributed by atoms with E-state index in [2.05, 4.69) is 149 Å². The maximum absolute atomic E-state index is 13.1. The number of carbonyl (C=O) groups is 4. The van der Waals surface area contributed by atoms with Crippen molar-refractivity contribution < 1.29 is 80.2 Å². The standard InChI is InChI=1S/C85H142O17P2/c1-5-9-13-17-21-25-29-33-37-39-43-46-50-54-58-62-66-70-83(88)96-76-81(102-85(90)72-68-64-60-56-52-48-44-40-38-34-30-26-22-18-14-10-6-2)78-100-104(93,94)98-74-79(86)73-97-103(91,92)99-77-80(101-84(89)71-67-63-59-55-51-47-42-36-32-28-24-20-16-12-8-4)75-95-82(87)69-65-61-57-53-49-45-41-35-31-27-23-19-15-11-7-3/h21-28,33-38,41-44,46,48,54,56,58,60,79-81,86H,5-20,29-32,39-40,45,47,49-53,55,57,59,61-78H2,1-4H3,(H,91,92)(H,93,94)/b25-21-,26-22-,27-23-,28-24-,37-33-,38-34-,41-35-,42-36-,46-43-,48-44-,58-54-,60-56-/t79-,80-,81-/m1/s1. The number of hydrogen-bond donors (Lipinski definition) is 3. The van der Waals surface area contributed by atoms with Crippen LogP contribution in [0, 0.1) is 0 Å². The summed E-state index contributed by atoms with van der Waals surface area (Å²) in [5.74, 6) is -2.34. The lowest BCUT2D eigenvalue weighted by atomic mass is 10.1. The molecular weight excluding hydrogens is 1350 g/mol. The summed E-state index contributed by atoms with van der Waals surface area (Å²) >= 11 is 0. The molecule has 0 saturated heterocycles. The van der Waals surface area contributed by atoms with Gasteiger partial charge in [-0.3, -0.25) is 37.3 Å². The van der Waals surface area contributed by atoms with Gasteiger partial charge < -0.3 is 33.8 Å². The molecule has 0 heterocycles. The highest BCUT2D eigenvalue weighted by molar-refractivity contribution is 7.47. The number of esters is 4. The zero-order valence-corrected chi connectivity index (χ0v) is 66.7. The highest BCUT2D eigenvalue weighted by Crippen LogP contribution is 2.45. The first kappa shape index (κ1) is 98.9. The number of aliphatic hydroxyl groups excluding tert-OH is 1. The van der Waals surface area contributed by atoms with E-state index < -0.39 is 97.5 Å². The van der Waals surface area contributed by atoms with Crippen LogP contribution in [0.1, 0.15) is 310 Å². The Bertz CT molecular complexity index is 2540. The zero-order valence-electron chi connectivity index (χ0n) is 64.9. The number of ether oxygens (including phenoxy) is 4. The van der Waals surface area contributed by atoms with Gasteiger partial charge in [-0.05, 0) is 167 Å². The van der Waals surface area contributed by atoms with Crippen molar-refractivity contribution >= 4 is 39.5 Å². The van der Waals surface area contributed by atoms with Gasteiger partial charge in [-0.15, -0.1) is 0 Å². The van der Waals surface area contributed by atoms with Gasteiger partial charge in [-0.1, -0.05) is 263 Å². The summed E-state index contributed by atoms with van der Waals surface area (Å²) in [5.41, 5.74) is 0. The van der Waals surface area contributed by atoms with Crippen molar-refractivity contribution in [2.45, 2.75) is 329 Å². The molecule has 5 atom stereocenters. The Kier molecular flexibility index (Phi) is 72.4. The maximum atomic E-state index is 13.1. The highest BCUT2D eigenvalue weighted by atomic mass is 31.2. The topological polar surface area (TPSA) is 237 Å². The van der Waals surface area contributed by atoms with Crippen LogP contribution in [0.5, 0.6) is 0 Å². The van der Waals surface area contributed by atoms with E-state index >= 15 is 0 Å². The molecule has 0 aromatic rings. The van der Waals surface area contributed by atoms with Crippen LogP contribution in [0.15, 0.2) is 146 Å². The fourth-order valence-electron chi connectivity index (χ4n) is 10.1. The van der Waals surface area contributed by atoms with Crippen molar-refractivity contribution in [3.05, 3.63) is 146 Å². The molecule has 594 valence electrons. The summed E-state index contributed by atoms with van der Waals surface area (Å²) in [6.45, 7) is 4.61. The summed E-state index contributed by atoms with van der Waals surface area (Å²) < 4.78 is 68.5. The molecule has 17 nitrogen and oxygen atoms in total. The van der Waals surface area contributed by atoms with E-state index in [0.29, 0.717) is 38.5 Å². The Morgan fingerprint density at radius 1 is 0.269 bits per heavy atom. The van der Waals surface area contributed by atoms with Gasteiger partial charge in [-0.25, -0.2) is 9.13 Å². The molecule has 3 N–H and O–H groups in total. The van der Waals surface area contributed by atoms with Crippen LogP contribution in [0.25, 0.3) is 0 Å². The van der Waals surface area contributed by atoms with Crippen LogP contribution >= 0.6 is 15.6 Å². The minimum Gasteiger partial charge on any atom is -0.462 e. The second-order valence-electron chi connectivity index (χ2n) is 26.3. The van der Waals surface area contributed by atoms with Crippen molar-refractivity contribution in [2.24, 2.45) is 0 Å². The number of phosphoric ester groups is 2. The average molecular weight is 1500 g/mol. The van der Waals surface area contributed by atoms with Gasteiger partial charge in [0.15, 0.2) is 12.2 Å². The fourth-order valence-corrected chi connectivity index (χ4v) is 11.7. The second kappa shape index (κ2) is 76.1. The largest absolute Gasteiger partial charge is 0.472 e. The Balaban J connectivity index is 5.50. The third kappa shape index (κ3) is 75.2. The van der Waals surface area contributed by atoms with E-state index in [0.717, 1.165) is 141 Å². The molecule has 2 unspecified atom stereocenters.